The van der Waals surface area contributed by atoms with E-state index in [0.717, 1.165) is 11.1 Å². The van der Waals surface area contributed by atoms with Gasteiger partial charge in [0.25, 0.3) is 11.8 Å². The minimum atomic E-state index is -0.303. The van der Waals surface area contributed by atoms with Crippen molar-refractivity contribution in [1.82, 2.24) is 10.2 Å². The lowest BCUT2D eigenvalue weighted by molar-refractivity contribution is 0.0926. The lowest BCUT2D eigenvalue weighted by Crippen LogP contribution is -2.29. The van der Waals surface area contributed by atoms with Crippen LogP contribution in [0.25, 0.3) is 10.9 Å². The Labute approximate surface area is 126 Å². The fourth-order valence-electron chi connectivity index (χ4n) is 2.75. The number of hydrogen-bond donors (Lipinski definition) is 0. The Morgan fingerprint density at radius 1 is 0.864 bits per heavy atom. The molecule has 4 rings (SSSR count). The number of carbonyl (C=O) groups excluding carboxylic acids is 2. The fourth-order valence-corrected chi connectivity index (χ4v) is 2.75. The number of nitrogens with zero attached hydrogens (tertiary/aromatic N) is 3. The third-order valence-corrected chi connectivity index (χ3v) is 3.76. The zero-order valence-corrected chi connectivity index (χ0v) is 11.8. The van der Waals surface area contributed by atoms with Gasteiger partial charge in [0.15, 0.2) is 0 Å². The molecule has 1 aliphatic rings. The molecule has 5 heteroatoms. The van der Waals surface area contributed by atoms with Crippen molar-refractivity contribution >= 4 is 28.4 Å². The fraction of sp³-hybridized carbons (Fsp3) is 0.0588. The third-order valence-electron chi connectivity index (χ3n) is 3.76. The SMILES string of the molecule is Cc1cc2c(N3C(=O)c4ccccc4C3=O)cccc2nn1. The first-order chi connectivity index (χ1) is 10.7. The van der Waals surface area contributed by atoms with Crippen molar-refractivity contribution in [3.63, 3.8) is 0 Å². The lowest BCUT2D eigenvalue weighted by atomic mass is 10.1. The molecule has 0 saturated heterocycles. The van der Waals surface area contributed by atoms with Gasteiger partial charge in [0, 0.05) is 5.39 Å². The van der Waals surface area contributed by atoms with E-state index in [0.29, 0.717) is 22.3 Å². The number of hydrogen-bond acceptors (Lipinski definition) is 4. The van der Waals surface area contributed by atoms with Crippen LogP contribution in [0.1, 0.15) is 26.4 Å². The quantitative estimate of drug-likeness (QED) is 0.646. The molecule has 1 aliphatic heterocycles. The molecule has 0 N–H and O–H groups in total. The Morgan fingerprint density at radius 2 is 1.55 bits per heavy atom. The topological polar surface area (TPSA) is 63.2 Å². The molecule has 0 saturated carbocycles. The molecule has 106 valence electrons. The number of rotatable bonds is 1. The van der Waals surface area contributed by atoms with E-state index in [4.69, 9.17) is 0 Å². The largest absolute Gasteiger partial charge is 0.268 e. The maximum Gasteiger partial charge on any atom is 0.266 e. The number of amides is 2. The van der Waals surface area contributed by atoms with Crippen molar-refractivity contribution < 1.29 is 9.59 Å². The van der Waals surface area contributed by atoms with E-state index in [1.807, 2.05) is 19.1 Å². The summed E-state index contributed by atoms with van der Waals surface area (Å²) in [6, 6.07) is 14.0. The zero-order valence-electron chi connectivity index (χ0n) is 11.8. The highest BCUT2D eigenvalue weighted by molar-refractivity contribution is 6.35. The Hall–Kier alpha value is -3.08. The first-order valence-corrected chi connectivity index (χ1v) is 6.87. The van der Waals surface area contributed by atoms with Gasteiger partial charge < -0.3 is 0 Å². The summed E-state index contributed by atoms with van der Waals surface area (Å²) in [5, 5.41) is 8.87. The summed E-state index contributed by atoms with van der Waals surface area (Å²) in [7, 11) is 0. The molecule has 3 aromatic rings. The molecule has 0 fully saturated rings. The van der Waals surface area contributed by atoms with E-state index in [2.05, 4.69) is 10.2 Å². The molecular weight excluding hydrogens is 278 g/mol. The van der Waals surface area contributed by atoms with Crippen LogP contribution in [0.15, 0.2) is 48.5 Å². The smallest absolute Gasteiger partial charge is 0.266 e. The van der Waals surface area contributed by atoms with E-state index in [1.54, 1.807) is 36.4 Å². The predicted molar refractivity (Wildman–Crippen MR) is 81.9 cm³/mol. The first-order valence-electron chi connectivity index (χ1n) is 6.87. The summed E-state index contributed by atoms with van der Waals surface area (Å²) in [4.78, 5) is 26.4. The van der Waals surface area contributed by atoms with Crippen molar-refractivity contribution in [2.45, 2.75) is 6.92 Å². The molecule has 2 amide bonds. The Kier molecular flexibility index (Phi) is 2.56. The maximum atomic E-state index is 12.6. The van der Waals surface area contributed by atoms with Gasteiger partial charge in [0.1, 0.15) is 0 Å². The molecule has 5 nitrogen and oxygen atoms in total. The summed E-state index contributed by atoms with van der Waals surface area (Å²) in [5.74, 6) is -0.606. The number of fused-ring (bicyclic) bond motifs is 2. The summed E-state index contributed by atoms with van der Waals surface area (Å²) < 4.78 is 0. The Balaban J connectivity index is 1.96. The molecule has 0 bridgehead atoms. The minimum absolute atomic E-state index is 0.303. The molecule has 0 unspecified atom stereocenters. The highest BCUT2D eigenvalue weighted by Gasteiger charge is 2.37. The summed E-state index contributed by atoms with van der Waals surface area (Å²) in [5.41, 5.74) is 2.80. The molecule has 2 heterocycles. The summed E-state index contributed by atoms with van der Waals surface area (Å²) in [6.07, 6.45) is 0. The highest BCUT2D eigenvalue weighted by Crippen LogP contribution is 2.32. The minimum Gasteiger partial charge on any atom is -0.268 e. The number of imide groups is 1. The molecule has 2 aromatic carbocycles. The monoisotopic (exact) mass is 289 g/mol. The van der Waals surface area contributed by atoms with Crippen LogP contribution in [0.2, 0.25) is 0 Å². The third kappa shape index (κ3) is 1.65. The van der Waals surface area contributed by atoms with Gasteiger partial charge in [-0.1, -0.05) is 18.2 Å². The van der Waals surface area contributed by atoms with E-state index < -0.39 is 0 Å². The second-order valence-electron chi connectivity index (χ2n) is 5.19. The van der Waals surface area contributed by atoms with Crippen LogP contribution in [0.4, 0.5) is 5.69 Å². The Morgan fingerprint density at radius 3 is 2.23 bits per heavy atom. The Bertz CT molecular complexity index is 915. The molecule has 0 spiro atoms. The molecular formula is C17H11N3O2. The molecule has 0 aliphatic carbocycles. The number of anilines is 1. The van der Waals surface area contributed by atoms with Gasteiger partial charge in [-0.15, -0.1) is 0 Å². The average Bonchev–Trinajstić information content (AvgIpc) is 2.79. The summed E-state index contributed by atoms with van der Waals surface area (Å²) in [6.45, 7) is 1.82. The second-order valence-corrected chi connectivity index (χ2v) is 5.19. The number of aromatic nitrogens is 2. The van der Waals surface area contributed by atoms with Crippen LogP contribution in [0, 0.1) is 6.92 Å². The van der Waals surface area contributed by atoms with Crippen molar-refractivity contribution in [3.8, 4) is 0 Å². The lowest BCUT2D eigenvalue weighted by Gasteiger charge is -2.16. The molecule has 22 heavy (non-hydrogen) atoms. The van der Waals surface area contributed by atoms with E-state index in [-0.39, 0.29) is 11.8 Å². The van der Waals surface area contributed by atoms with Crippen LogP contribution in [-0.4, -0.2) is 22.0 Å². The van der Waals surface area contributed by atoms with E-state index >= 15 is 0 Å². The van der Waals surface area contributed by atoms with Crippen LogP contribution in [-0.2, 0) is 0 Å². The van der Waals surface area contributed by atoms with Gasteiger partial charge in [-0.3, -0.25) is 9.59 Å². The van der Waals surface area contributed by atoms with Crippen LogP contribution in [0.3, 0.4) is 0 Å². The normalized spacial score (nSPS) is 13.8. The molecule has 0 atom stereocenters. The number of carbonyl (C=O) groups is 2. The average molecular weight is 289 g/mol. The van der Waals surface area contributed by atoms with Gasteiger partial charge in [0.2, 0.25) is 0 Å². The number of benzene rings is 2. The maximum absolute atomic E-state index is 12.6. The van der Waals surface area contributed by atoms with Crippen molar-refractivity contribution in [1.29, 1.82) is 0 Å². The standard InChI is InChI=1S/C17H11N3O2/c1-10-9-13-14(19-18-10)7-4-8-15(13)20-16(21)11-5-2-3-6-12(11)17(20)22/h2-9H,1H3. The van der Waals surface area contributed by atoms with Gasteiger partial charge in [-0.25, -0.2) is 4.90 Å². The van der Waals surface area contributed by atoms with Crippen LogP contribution >= 0.6 is 0 Å². The van der Waals surface area contributed by atoms with Gasteiger partial charge in [-0.2, -0.15) is 10.2 Å². The van der Waals surface area contributed by atoms with E-state index in [1.165, 1.54) is 4.90 Å². The van der Waals surface area contributed by atoms with Crippen LogP contribution < -0.4 is 4.90 Å². The molecule has 1 aromatic heterocycles. The van der Waals surface area contributed by atoms with Gasteiger partial charge in [-0.05, 0) is 37.3 Å². The van der Waals surface area contributed by atoms with Gasteiger partial charge >= 0.3 is 0 Å². The van der Waals surface area contributed by atoms with E-state index in [9.17, 15) is 9.59 Å². The van der Waals surface area contributed by atoms with Crippen molar-refractivity contribution in [2.24, 2.45) is 0 Å². The first kappa shape index (κ1) is 12.6. The highest BCUT2D eigenvalue weighted by atomic mass is 16.2. The number of aryl methyl sites for hydroxylation is 1. The van der Waals surface area contributed by atoms with Crippen molar-refractivity contribution in [3.05, 3.63) is 65.4 Å². The van der Waals surface area contributed by atoms with Crippen LogP contribution in [0.5, 0.6) is 0 Å². The second kappa shape index (κ2) is 4.46. The van der Waals surface area contributed by atoms with Gasteiger partial charge in [0.05, 0.1) is 28.0 Å². The van der Waals surface area contributed by atoms with Crippen molar-refractivity contribution in [2.75, 3.05) is 4.90 Å². The summed E-state index contributed by atoms with van der Waals surface area (Å²) >= 11 is 0. The molecule has 0 radical (unpaired) electrons. The predicted octanol–water partition coefficient (Wildman–Crippen LogP) is 2.74. The zero-order chi connectivity index (χ0) is 15.3.